The standard InChI is InChI=1S/C14H21NO3/c1-3-8-13(14(16)17-4-2)15-18-11-12-9-6-5-7-10-12/h5-7,9-10,13,15H,3-4,8,11H2,1-2H3. The Morgan fingerprint density at radius 1 is 1.28 bits per heavy atom. The first kappa shape index (κ1) is 14.7. The third-order valence-corrected chi connectivity index (χ3v) is 2.46. The Balaban J connectivity index is 2.35. The molecule has 0 bridgehead atoms. The van der Waals surface area contributed by atoms with Crippen LogP contribution in [0.1, 0.15) is 32.3 Å². The molecule has 1 aromatic carbocycles. The molecule has 0 saturated heterocycles. The van der Waals surface area contributed by atoms with Gasteiger partial charge in [-0.15, -0.1) is 0 Å². The number of benzene rings is 1. The molecule has 1 aromatic rings. The number of hydrogen-bond donors (Lipinski definition) is 1. The summed E-state index contributed by atoms with van der Waals surface area (Å²) in [7, 11) is 0. The van der Waals surface area contributed by atoms with Crippen LogP contribution in [0.25, 0.3) is 0 Å². The van der Waals surface area contributed by atoms with Gasteiger partial charge in [0.2, 0.25) is 0 Å². The van der Waals surface area contributed by atoms with Crippen molar-refractivity contribution in [1.29, 1.82) is 0 Å². The van der Waals surface area contributed by atoms with Crippen LogP contribution < -0.4 is 5.48 Å². The Morgan fingerprint density at radius 3 is 2.61 bits per heavy atom. The Hall–Kier alpha value is -1.39. The van der Waals surface area contributed by atoms with E-state index in [4.69, 9.17) is 9.57 Å². The molecule has 0 radical (unpaired) electrons. The fraction of sp³-hybridized carbons (Fsp3) is 0.500. The maximum Gasteiger partial charge on any atom is 0.325 e. The summed E-state index contributed by atoms with van der Waals surface area (Å²) < 4.78 is 4.98. The largest absolute Gasteiger partial charge is 0.465 e. The van der Waals surface area contributed by atoms with E-state index in [1.807, 2.05) is 37.3 Å². The van der Waals surface area contributed by atoms with Crippen LogP contribution in [0.3, 0.4) is 0 Å². The minimum absolute atomic E-state index is 0.257. The van der Waals surface area contributed by atoms with Gasteiger partial charge in [0, 0.05) is 0 Å². The summed E-state index contributed by atoms with van der Waals surface area (Å²) in [6.45, 7) is 4.64. The quantitative estimate of drug-likeness (QED) is 0.569. The van der Waals surface area contributed by atoms with Gasteiger partial charge in [-0.1, -0.05) is 43.7 Å². The molecule has 100 valence electrons. The molecule has 0 aromatic heterocycles. The van der Waals surface area contributed by atoms with Gasteiger partial charge in [-0.05, 0) is 18.9 Å². The molecule has 0 heterocycles. The van der Waals surface area contributed by atoms with E-state index in [9.17, 15) is 4.79 Å². The zero-order valence-corrected chi connectivity index (χ0v) is 11.0. The number of hydroxylamine groups is 1. The second-order valence-electron chi connectivity index (χ2n) is 3.99. The first-order valence-corrected chi connectivity index (χ1v) is 6.35. The normalized spacial score (nSPS) is 12.1. The highest BCUT2D eigenvalue weighted by molar-refractivity contribution is 5.75. The van der Waals surface area contributed by atoms with Crippen molar-refractivity contribution in [3.05, 3.63) is 35.9 Å². The lowest BCUT2D eigenvalue weighted by molar-refractivity contribution is -0.151. The first-order valence-electron chi connectivity index (χ1n) is 6.35. The molecular weight excluding hydrogens is 230 g/mol. The van der Waals surface area contributed by atoms with Crippen molar-refractivity contribution in [2.24, 2.45) is 0 Å². The molecule has 0 aliphatic carbocycles. The number of hydrogen-bond acceptors (Lipinski definition) is 4. The van der Waals surface area contributed by atoms with Gasteiger partial charge < -0.3 is 4.74 Å². The highest BCUT2D eigenvalue weighted by atomic mass is 16.6. The molecule has 0 saturated carbocycles. The van der Waals surface area contributed by atoms with Crippen molar-refractivity contribution in [2.75, 3.05) is 6.61 Å². The van der Waals surface area contributed by atoms with E-state index in [0.29, 0.717) is 19.6 Å². The lowest BCUT2D eigenvalue weighted by atomic mass is 10.2. The molecule has 4 heteroatoms. The topological polar surface area (TPSA) is 47.6 Å². The minimum atomic E-state index is -0.390. The maximum absolute atomic E-state index is 11.6. The van der Waals surface area contributed by atoms with E-state index < -0.39 is 6.04 Å². The zero-order chi connectivity index (χ0) is 13.2. The van der Waals surface area contributed by atoms with Crippen LogP contribution in [0, 0.1) is 0 Å². The summed E-state index contributed by atoms with van der Waals surface area (Å²) in [6.07, 6.45) is 1.60. The number of carbonyl (C=O) groups excluding carboxylic acids is 1. The predicted molar refractivity (Wildman–Crippen MR) is 69.7 cm³/mol. The molecule has 18 heavy (non-hydrogen) atoms. The number of esters is 1. The second kappa shape index (κ2) is 8.66. The average molecular weight is 251 g/mol. The van der Waals surface area contributed by atoms with Gasteiger partial charge in [-0.2, -0.15) is 5.48 Å². The van der Waals surface area contributed by atoms with Crippen LogP contribution in [0.4, 0.5) is 0 Å². The summed E-state index contributed by atoms with van der Waals surface area (Å²) in [5.74, 6) is -0.257. The molecule has 0 aliphatic rings. The summed E-state index contributed by atoms with van der Waals surface area (Å²) in [5.41, 5.74) is 3.84. The van der Waals surface area contributed by atoms with Crippen molar-refractivity contribution in [1.82, 2.24) is 5.48 Å². The van der Waals surface area contributed by atoms with E-state index in [0.717, 1.165) is 12.0 Å². The summed E-state index contributed by atoms with van der Waals surface area (Å²) >= 11 is 0. The molecule has 0 aliphatic heterocycles. The lowest BCUT2D eigenvalue weighted by Crippen LogP contribution is -2.37. The smallest absolute Gasteiger partial charge is 0.325 e. The molecule has 1 N–H and O–H groups in total. The minimum Gasteiger partial charge on any atom is -0.465 e. The Labute approximate surface area is 108 Å². The highest BCUT2D eigenvalue weighted by Crippen LogP contribution is 2.03. The molecule has 1 atom stereocenters. The third kappa shape index (κ3) is 5.29. The van der Waals surface area contributed by atoms with Gasteiger partial charge in [-0.25, -0.2) is 0 Å². The van der Waals surface area contributed by atoms with Crippen LogP contribution >= 0.6 is 0 Å². The van der Waals surface area contributed by atoms with Crippen LogP contribution in [0.2, 0.25) is 0 Å². The predicted octanol–water partition coefficient (Wildman–Crippen LogP) is 2.44. The fourth-order valence-corrected chi connectivity index (χ4v) is 1.56. The van der Waals surface area contributed by atoms with Gasteiger partial charge in [-0.3, -0.25) is 9.63 Å². The van der Waals surface area contributed by atoms with E-state index in [2.05, 4.69) is 5.48 Å². The summed E-state index contributed by atoms with van der Waals surface area (Å²) in [4.78, 5) is 17.0. The number of carbonyl (C=O) groups is 1. The Bertz CT molecular complexity index is 340. The zero-order valence-electron chi connectivity index (χ0n) is 11.0. The van der Waals surface area contributed by atoms with Gasteiger partial charge in [0.15, 0.2) is 0 Å². The van der Waals surface area contributed by atoms with Crippen LogP contribution in [-0.4, -0.2) is 18.6 Å². The number of rotatable bonds is 8. The number of ether oxygens (including phenoxy) is 1. The highest BCUT2D eigenvalue weighted by Gasteiger charge is 2.18. The molecule has 1 unspecified atom stereocenters. The SMILES string of the molecule is CCCC(NOCc1ccccc1)C(=O)OCC. The Morgan fingerprint density at radius 2 is 2.00 bits per heavy atom. The van der Waals surface area contributed by atoms with E-state index in [1.165, 1.54) is 0 Å². The average Bonchev–Trinajstić information content (AvgIpc) is 2.39. The van der Waals surface area contributed by atoms with Gasteiger partial charge in [0.25, 0.3) is 0 Å². The van der Waals surface area contributed by atoms with Crippen LogP contribution in [0.15, 0.2) is 30.3 Å². The monoisotopic (exact) mass is 251 g/mol. The van der Waals surface area contributed by atoms with E-state index in [-0.39, 0.29) is 5.97 Å². The molecule has 0 fully saturated rings. The van der Waals surface area contributed by atoms with Crippen LogP contribution in [0.5, 0.6) is 0 Å². The van der Waals surface area contributed by atoms with Gasteiger partial charge in [0.05, 0.1) is 13.2 Å². The number of nitrogens with one attached hydrogen (secondary N) is 1. The van der Waals surface area contributed by atoms with E-state index in [1.54, 1.807) is 6.92 Å². The van der Waals surface area contributed by atoms with Gasteiger partial charge >= 0.3 is 5.97 Å². The third-order valence-electron chi connectivity index (χ3n) is 2.46. The molecular formula is C14H21NO3. The molecule has 0 spiro atoms. The molecule has 1 rings (SSSR count). The lowest BCUT2D eigenvalue weighted by Gasteiger charge is -2.16. The first-order chi connectivity index (χ1) is 8.77. The van der Waals surface area contributed by atoms with Crippen molar-refractivity contribution in [3.8, 4) is 0 Å². The van der Waals surface area contributed by atoms with Crippen molar-refractivity contribution < 1.29 is 14.4 Å². The van der Waals surface area contributed by atoms with Crippen molar-refractivity contribution >= 4 is 5.97 Å². The molecule has 4 nitrogen and oxygen atoms in total. The maximum atomic E-state index is 11.6. The van der Waals surface area contributed by atoms with Crippen molar-refractivity contribution in [3.63, 3.8) is 0 Å². The second-order valence-corrected chi connectivity index (χ2v) is 3.99. The summed E-state index contributed by atoms with van der Waals surface area (Å²) in [6, 6.07) is 9.41. The van der Waals surface area contributed by atoms with Crippen LogP contribution in [-0.2, 0) is 21.0 Å². The Kier molecular flexibility index (Phi) is 7.06. The van der Waals surface area contributed by atoms with Crippen molar-refractivity contribution in [2.45, 2.75) is 39.3 Å². The van der Waals surface area contributed by atoms with E-state index >= 15 is 0 Å². The fourth-order valence-electron chi connectivity index (χ4n) is 1.56. The van der Waals surface area contributed by atoms with Gasteiger partial charge in [0.1, 0.15) is 6.04 Å². The molecule has 0 amide bonds. The summed E-state index contributed by atoms with van der Waals surface area (Å²) in [5, 5.41) is 0.